The van der Waals surface area contributed by atoms with E-state index in [2.05, 4.69) is 43.5 Å². The van der Waals surface area contributed by atoms with Gasteiger partial charge in [0.25, 0.3) is 0 Å². The summed E-state index contributed by atoms with van der Waals surface area (Å²) in [6.45, 7) is 6.77. The molecule has 20 heavy (non-hydrogen) atoms. The lowest BCUT2D eigenvalue weighted by Gasteiger charge is -2.13. The minimum Gasteiger partial charge on any atom is -0.334 e. The molecule has 0 heterocycles. The van der Waals surface area contributed by atoms with Crippen LogP contribution in [0, 0.1) is 20.8 Å². The summed E-state index contributed by atoms with van der Waals surface area (Å²) in [6.07, 6.45) is 0. The Kier molecular flexibility index (Phi) is 4.41. The summed E-state index contributed by atoms with van der Waals surface area (Å²) in [5.74, 6) is 0. The van der Waals surface area contributed by atoms with E-state index >= 15 is 0 Å². The van der Waals surface area contributed by atoms with Gasteiger partial charge in [-0.15, -0.1) is 0 Å². The van der Waals surface area contributed by atoms with E-state index in [-0.39, 0.29) is 6.03 Å². The van der Waals surface area contributed by atoms with Gasteiger partial charge in [0.15, 0.2) is 0 Å². The van der Waals surface area contributed by atoms with Gasteiger partial charge in [-0.3, -0.25) is 0 Å². The Hall–Kier alpha value is -2.29. The van der Waals surface area contributed by atoms with Gasteiger partial charge < -0.3 is 10.6 Å². The van der Waals surface area contributed by atoms with Crippen molar-refractivity contribution < 1.29 is 4.79 Å². The summed E-state index contributed by atoms with van der Waals surface area (Å²) in [7, 11) is 0. The van der Waals surface area contributed by atoms with E-state index in [9.17, 15) is 4.79 Å². The van der Waals surface area contributed by atoms with E-state index in [4.69, 9.17) is 0 Å². The summed E-state index contributed by atoms with van der Waals surface area (Å²) in [5, 5.41) is 5.71. The predicted molar refractivity (Wildman–Crippen MR) is 83.0 cm³/mol. The highest BCUT2D eigenvalue weighted by molar-refractivity contribution is 5.89. The van der Waals surface area contributed by atoms with Crippen LogP contribution >= 0.6 is 0 Å². The highest BCUT2D eigenvalue weighted by Crippen LogP contribution is 2.16. The molecule has 2 aromatic carbocycles. The number of hydrogen-bond acceptors (Lipinski definition) is 1. The molecule has 0 saturated carbocycles. The quantitative estimate of drug-likeness (QED) is 0.870. The van der Waals surface area contributed by atoms with Gasteiger partial charge in [-0.1, -0.05) is 35.9 Å². The molecule has 2 rings (SSSR count). The molecule has 0 fully saturated rings. The molecule has 104 valence electrons. The largest absolute Gasteiger partial charge is 0.334 e. The van der Waals surface area contributed by atoms with Crippen LogP contribution in [0.5, 0.6) is 0 Å². The van der Waals surface area contributed by atoms with Crippen molar-refractivity contribution in [3.8, 4) is 0 Å². The molecule has 0 aromatic heterocycles. The average molecular weight is 268 g/mol. The molecule has 0 aliphatic rings. The van der Waals surface area contributed by atoms with Crippen molar-refractivity contribution in [1.82, 2.24) is 5.32 Å². The fourth-order valence-corrected chi connectivity index (χ4v) is 2.35. The number of anilines is 1. The van der Waals surface area contributed by atoms with E-state index < -0.39 is 0 Å². The molecule has 0 saturated heterocycles. The molecule has 0 atom stereocenters. The van der Waals surface area contributed by atoms with Gasteiger partial charge in [0.1, 0.15) is 0 Å². The Balaban J connectivity index is 1.97. The van der Waals surface area contributed by atoms with Crippen molar-refractivity contribution in [2.24, 2.45) is 0 Å². The van der Waals surface area contributed by atoms with Crippen LogP contribution < -0.4 is 10.6 Å². The number of nitrogens with one attached hydrogen (secondary N) is 2. The first-order valence-electron chi connectivity index (χ1n) is 6.73. The van der Waals surface area contributed by atoms with Gasteiger partial charge in [-0.2, -0.15) is 0 Å². The van der Waals surface area contributed by atoms with E-state index in [1.165, 1.54) is 22.3 Å². The van der Waals surface area contributed by atoms with Crippen molar-refractivity contribution in [2.45, 2.75) is 27.3 Å². The number of amides is 2. The third-order valence-electron chi connectivity index (χ3n) is 3.30. The zero-order valence-electron chi connectivity index (χ0n) is 12.2. The van der Waals surface area contributed by atoms with Crippen LogP contribution in [0.3, 0.4) is 0 Å². The van der Waals surface area contributed by atoms with Gasteiger partial charge in [0.05, 0.1) is 0 Å². The van der Waals surface area contributed by atoms with Gasteiger partial charge >= 0.3 is 6.03 Å². The SMILES string of the molecule is Cc1cc(C)c(CNC(=O)Nc2ccccc2)c(C)c1. The molecule has 0 spiro atoms. The standard InChI is InChI=1S/C17H20N2O/c1-12-9-13(2)16(14(3)10-12)11-18-17(20)19-15-7-5-4-6-8-15/h4-10H,11H2,1-3H3,(H2,18,19,20). The third kappa shape index (κ3) is 3.60. The monoisotopic (exact) mass is 268 g/mol. The summed E-state index contributed by atoms with van der Waals surface area (Å²) in [5.41, 5.74) is 5.64. The second-order valence-corrected chi connectivity index (χ2v) is 5.05. The first-order chi connectivity index (χ1) is 9.56. The van der Waals surface area contributed by atoms with Crippen LogP contribution in [-0.2, 0) is 6.54 Å². The predicted octanol–water partition coefficient (Wildman–Crippen LogP) is 3.93. The van der Waals surface area contributed by atoms with Crippen LogP contribution in [0.1, 0.15) is 22.3 Å². The maximum Gasteiger partial charge on any atom is 0.319 e. The Morgan fingerprint density at radius 3 is 2.20 bits per heavy atom. The maximum absolute atomic E-state index is 11.9. The lowest BCUT2D eigenvalue weighted by Crippen LogP contribution is -2.28. The number of carbonyl (C=O) groups is 1. The lowest BCUT2D eigenvalue weighted by molar-refractivity contribution is 0.251. The summed E-state index contributed by atoms with van der Waals surface area (Å²) >= 11 is 0. The molecule has 0 aliphatic heterocycles. The molecule has 0 aliphatic carbocycles. The zero-order chi connectivity index (χ0) is 14.5. The number of hydrogen-bond donors (Lipinski definition) is 2. The first kappa shape index (κ1) is 14.1. The first-order valence-corrected chi connectivity index (χ1v) is 6.73. The second kappa shape index (κ2) is 6.24. The van der Waals surface area contributed by atoms with Gasteiger partial charge in [0.2, 0.25) is 0 Å². The molecule has 3 heteroatoms. The van der Waals surface area contributed by atoms with Crippen LogP contribution in [0.2, 0.25) is 0 Å². The molecular weight excluding hydrogens is 248 g/mol. The number of benzene rings is 2. The topological polar surface area (TPSA) is 41.1 Å². The zero-order valence-corrected chi connectivity index (χ0v) is 12.2. The Morgan fingerprint density at radius 1 is 1.00 bits per heavy atom. The molecule has 0 radical (unpaired) electrons. The molecular formula is C17H20N2O. The van der Waals surface area contributed by atoms with Crippen LogP contribution in [0.15, 0.2) is 42.5 Å². The Labute approximate surface area is 120 Å². The van der Waals surface area contributed by atoms with Crippen molar-refractivity contribution in [2.75, 3.05) is 5.32 Å². The van der Waals surface area contributed by atoms with E-state index in [1.807, 2.05) is 30.3 Å². The number of aryl methyl sites for hydroxylation is 3. The summed E-state index contributed by atoms with van der Waals surface area (Å²) in [4.78, 5) is 11.9. The number of urea groups is 1. The fraction of sp³-hybridized carbons (Fsp3) is 0.235. The highest BCUT2D eigenvalue weighted by atomic mass is 16.2. The Morgan fingerprint density at radius 2 is 1.60 bits per heavy atom. The lowest BCUT2D eigenvalue weighted by atomic mass is 10.00. The average Bonchev–Trinajstić information content (AvgIpc) is 2.38. The van der Waals surface area contributed by atoms with Crippen LogP contribution in [0.25, 0.3) is 0 Å². The van der Waals surface area contributed by atoms with Crippen molar-refractivity contribution in [1.29, 1.82) is 0 Å². The normalized spacial score (nSPS) is 10.2. The smallest absolute Gasteiger partial charge is 0.319 e. The molecule has 0 unspecified atom stereocenters. The number of carbonyl (C=O) groups excluding carboxylic acids is 1. The Bertz CT molecular complexity index is 583. The molecule has 3 nitrogen and oxygen atoms in total. The van der Waals surface area contributed by atoms with E-state index in [0.717, 1.165) is 5.69 Å². The second-order valence-electron chi connectivity index (χ2n) is 5.05. The third-order valence-corrected chi connectivity index (χ3v) is 3.30. The van der Waals surface area contributed by atoms with Crippen molar-refractivity contribution in [3.63, 3.8) is 0 Å². The number of para-hydroxylation sites is 1. The van der Waals surface area contributed by atoms with Gasteiger partial charge in [-0.25, -0.2) is 4.79 Å². The molecule has 2 amide bonds. The van der Waals surface area contributed by atoms with Gasteiger partial charge in [-0.05, 0) is 49.6 Å². The highest BCUT2D eigenvalue weighted by Gasteiger charge is 2.06. The minimum absolute atomic E-state index is 0.185. The minimum atomic E-state index is -0.185. The van der Waals surface area contributed by atoms with E-state index in [1.54, 1.807) is 0 Å². The van der Waals surface area contributed by atoms with Crippen LogP contribution in [-0.4, -0.2) is 6.03 Å². The summed E-state index contributed by atoms with van der Waals surface area (Å²) < 4.78 is 0. The number of rotatable bonds is 3. The van der Waals surface area contributed by atoms with Crippen LogP contribution in [0.4, 0.5) is 10.5 Å². The molecule has 2 N–H and O–H groups in total. The maximum atomic E-state index is 11.9. The van der Waals surface area contributed by atoms with E-state index in [0.29, 0.717) is 6.54 Å². The van der Waals surface area contributed by atoms with Gasteiger partial charge in [0, 0.05) is 12.2 Å². The van der Waals surface area contributed by atoms with Crippen molar-refractivity contribution in [3.05, 3.63) is 64.7 Å². The summed E-state index contributed by atoms with van der Waals surface area (Å²) in [6, 6.07) is 13.5. The molecule has 2 aromatic rings. The molecule has 0 bridgehead atoms. The fourth-order valence-electron chi connectivity index (χ4n) is 2.35. The van der Waals surface area contributed by atoms with Crippen molar-refractivity contribution >= 4 is 11.7 Å².